The second-order valence-electron chi connectivity index (χ2n) is 9.25. The first-order valence-corrected chi connectivity index (χ1v) is 11.6. The average molecular weight is 460 g/mol. The van der Waals surface area contributed by atoms with Crippen LogP contribution >= 0.6 is 0 Å². The Morgan fingerprint density at radius 2 is 1.91 bits per heavy atom. The van der Waals surface area contributed by atoms with Crippen LogP contribution in [-0.4, -0.2) is 86.7 Å². The van der Waals surface area contributed by atoms with E-state index < -0.39 is 0 Å². The average Bonchev–Trinajstić information content (AvgIpc) is 2.82. The first kappa shape index (κ1) is 23.5. The number of anilines is 1. The number of amides is 3. The first-order chi connectivity index (χ1) is 15.8. The van der Waals surface area contributed by atoms with Crippen molar-refractivity contribution in [1.82, 2.24) is 9.80 Å². The topological polar surface area (TPSA) is 97.4 Å². The lowest BCUT2D eigenvalue weighted by molar-refractivity contribution is -0.140. The van der Waals surface area contributed by atoms with Crippen LogP contribution in [0.4, 0.5) is 5.69 Å². The van der Waals surface area contributed by atoms with E-state index >= 15 is 0 Å². The molecule has 0 saturated carbocycles. The second kappa shape index (κ2) is 10.1. The Morgan fingerprint density at radius 1 is 1.15 bits per heavy atom. The van der Waals surface area contributed by atoms with Crippen LogP contribution in [-0.2, 0) is 19.1 Å². The van der Waals surface area contributed by atoms with E-state index in [-0.39, 0.29) is 48.5 Å². The summed E-state index contributed by atoms with van der Waals surface area (Å²) in [7, 11) is 5.24. The van der Waals surface area contributed by atoms with Gasteiger partial charge < -0.3 is 29.3 Å². The van der Waals surface area contributed by atoms with Crippen LogP contribution in [0.3, 0.4) is 0 Å². The van der Waals surface area contributed by atoms with Gasteiger partial charge in [-0.2, -0.15) is 0 Å². The Kier molecular flexibility index (Phi) is 7.19. The molecule has 0 aromatic heterocycles. The van der Waals surface area contributed by atoms with E-state index in [1.807, 2.05) is 0 Å². The van der Waals surface area contributed by atoms with Gasteiger partial charge in [0.15, 0.2) is 0 Å². The normalized spacial score (nSPS) is 25.7. The van der Waals surface area contributed by atoms with E-state index in [2.05, 4.69) is 5.32 Å². The smallest absolute Gasteiger partial charge is 0.257 e. The molecule has 0 spiro atoms. The maximum Gasteiger partial charge on any atom is 0.257 e. The molecule has 9 nitrogen and oxygen atoms in total. The molecule has 3 atom stereocenters. The maximum atomic E-state index is 13.3. The molecule has 2 saturated heterocycles. The zero-order valence-corrected chi connectivity index (χ0v) is 19.5. The molecule has 1 aromatic rings. The van der Waals surface area contributed by atoms with Crippen LogP contribution < -0.4 is 10.1 Å². The zero-order chi connectivity index (χ0) is 23.5. The fourth-order valence-corrected chi connectivity index (χ4v) is 4.69. The molecule has 3 aliphatic heterocycles. The van der Waals surface area contributed by atoms with Gasteiger partial charge in [0.25, 0.3) is 5.91 Å². The summed E-state index contributed by atoms with van der Waals surface area (Å²) < 4.78 is 17.5. The molecule has 180 valence electrons. The van der Waals surface area contributed by atoms with Gasteiger partial charge in [0.1, 0.15) is 18.5 Å². The summed E-state index contributed by atoms with van der Waals surface area (Å²) >= 11 is 0. The van der Waals surface area contributed by atoms with Crippen molar-refractivity contribution in [2.24, 2.45) is 5.92 Å². The number of hydrogen-bond donors (Lipinski definition) is 1. The summed E-state index contributed by atoms with van der Waals surface area (Å²) in [4.78, 5) is 41.3. The molecule has 0 aliphatic carbocycles. The summed E-state index contributed by atoms with van der Waals surface area (Å²) in [5.74, 6) is 0.181. The summed E-state index contributed by atoms with van der Waals surface area (Å²) in [5, 5.41) is 2.94. The Bertz CT molecular complexity index is 898. The number of likely N-dealkylation sites (N-methyl/N-ethyl adjacent to an activating group) is 1. The molecule has 9 heteroatoms. The second-order valence-corrected chi connectivity index (χ2v) is 9.25. The van der Waals surface area contributed by atoms with Gasteiger partial charge >= 0.3 is 0 Å². The molecular formula is C24H33N3O6. The van der Waals surface area contributed by atoms with E-state index in [1.54, 1.807) is 49.1 Å². The molecule has 0 bridgehead atoms. The highest BCUT2D eigenvalue weighted by molar-refractivity contribution is 6.00. The van der Waals surface area contributed by atoms with Gasteiger partial charge in [0, 0.05) is 46.0 Å². The lowest BCUT2D eigenvalue weighted by Gasteiger charge is -2.42. The van der Waals surface area contributed by atoms with Crippen molar-refractivity contribution >= 4 is 23.4 Å². The van der Waals surface area contributed by atoms with Gasteiger partial charge in [0.2, 0.25) is 11.8 Å². The molecule has 4 rings (SSSR count). The number of ether oxygens (including phenoxy) is 3. The summed E-state index contributed by atoms with van der Waals surface area (Å²) in [6.07, 6.45) is 2.66. The minimum absolute atomic E-state index is 0.0234. The third-order valence-electron chi connectivity index (χ3n) is 6.77. The maximum absolute atomic E-state index is 13.3. The van der Waals surface area contributed by atoms with Crippen LogP contribution in [0.2, 0.25) is 0 Å². The first-order valence-electron chi connectivity index (χ1n) is 11.6. The lowest BCUT2D eigenvalue weighted by Crippen LogP contribution is -2.53. The number of benzene rings is 1. The van der Waals surface area contributed by atoms with Crippen LogP contribution in [0.25, 0.3) is 0 Å². The standard InChI is InChI=1S/C24H33N3O6/c1-26(2)22(28)13-17-5-6-19-21(33-17)14-32-20-7-4-16(12-18(20)24(30)27(19)3)25-23(29)15-8-10-31-11-9-15/h4,7,12,15,17,19,21H,5-6,8-11,13-14H2,1-3H3,(H,25,29)/t17-,19+,21+/m1/s1. The molecule has 3 amide bonds. The molecule has 3 aliphatic rings. The van der Waals surface area contributed by atoms with E-state index in [4.69, 9.17) is 14.2 Å². The molecule has 0 radical (unpaired) electrons. The summed E-state index contributed by atoms with van der Waals surface area (Å²) in [6.45, 7) is 1.47. The molecular weight excluding hydrogens is 426 g/mol. The minimum atomic E-state index is -0.311. The third-order valence-corrected chi connectivity index (χ3v) is 6.77. The molecule has 0 unspecified atom stereocenters. The number of hydrogen-bond acceptors (Lipinski definition) is 6. The fourth-order valence-electron chi connectivity index (χ4n) is 4.69. The van der Waals surface area contributed by atoms with E-state index in [9.17, 15) is 14.4 Å². The number of carbonyl (C=O) groups excluding carboxylic acids is 3. The van der Waals surface area contributed by atoms with Gasteiger partial charge in [-0.3, -0.25) is 14.4 Å². The van der Waals surface area contributed by atoms with Crippen LogP contribution in [0, 0.1) is 5.92 Å². The highest BCUT2D eigenvalue weighted by Crippen LogP contribution is 2.33. The number of nitrogens with zero attached hydrogens (tertiary/aromatic N) is 2. The van der Waals surface area contributed by atoms with Gasteiger partial charge in [-0.15, -0.1) is 0 Å². The Morgan fingerprint density at radius 3 is 2.64 bits per heavy atom. The van der Waals surface area contributed by atoms with Crippen molar-refractivity contribution in [2.45, 2.75) is 50.4 Å². The largest absolute Gasteiger partial charge is 0.490 e. The Labute approximate surface area is 194 Å². The Balaban J connectivity index is 1.47. The van der Waals surface area contributed by atoms with Gasteiger partial charge in [0.05, 0.1) is 24.1 Å². The molecule has 3 heterocycles. The molecule has 1 aromatic carbocycles. The number of nitrogens with one attached hydrogen (secondary N) is 1. The van der Waals surface area contributed by atoms with Crippen LogP contribution in [0.15, 0.2) is 18.2 Å². The van der Waals surface area contributed by atoms with E-state index in [0.717, 1.165) is 6.42 Å². The van der Waals surface area contributed by atoms with Crippen molar-refractivity contribution < 1.29 is 28.6 Å². The van der Waals surface area contributed by atoms with Gasteiger partial charge in [-0.05, 0) is 43.9 Å². The van der Waals surface area contributed by atoms with Crippen molar-refractivity contribution in [3.05, 3.63) is 23.8 Å². The number of carbonyl (C=O) groups is 3. The number of fused-ring (bicyclic) bond motifs is 2. The highest BCUT2D eigenvalue weighted by atomic mass is 16.5. The highest BCUT2D eigenvalue weighted by Gasteiger charge is 2.39. The summed E-state index contributed by atoms with van der Waals surface area (Å²) in [6, 6.07) is 5.02. The minimum Gasteiger partial charge on any atom is -0.490 e. The molecule has 2 fully saturated rings. The quantitative estimate of drug-likeness (QED) is 0.739. The van der Waals surface area contributed by atoms with E-state index in [0.29, 0.717) is 55.9 Å². The van der Waals surface area contributed by atoms with Crippen molar-refractivity contribution in [1.29, 1.82) is 0 Å². The third kappa shape index (κ3) is 5.30. The van der Waals surface area contributed by atoms with Gasteiger partial charge in [-0.1, -0.05) is 0 Å². The SMILES string of the molecule is CN(C)C(=O)C[C@H]1CC[C@H]2[C@H](COc3ccc(NC(=O)C4CCOCC4)cc3C(=O)N2C)O1. The van der Waals surface area contributed by atoms with Crippen LogP contribution in [0.5, 0.6) is 5.75 Å². The van der Waals surface area contributed by atoms with Gasteiger partial charge in [-0.25, -0.2) is 0 Å². The van der Waals surface area contributed by atoms with Crippen molar-refractivity contribution in [3.63, 3.8) is 0 Å². The monoisotopic (exact) mass is 459 g/mol. The Hall–Kier alpha value is -2.65. The predicted molar refractivity (Wildman–Crippen MR) is 121 cm³/mol. The molecule has 33 heavy (non-hydrogen) atoms. The zero-order valence-electron chi connectivity index (χ0n) is 19.5. The van der Waals surface area contributed by atoms with Crippen LogP contribution in [0.1, 0.15) is 42.5 Å². The number of rotatable bonds is 4. The fraction of sp³-hybridized carbons (Fsp3) is 0.625. The van der Waals surface area contributed by atoms with Crippen molar-refractivity contribution in [2.75, 3.05) is 46.3 Å². The summed E-state index contributed by atoms with van der Waals surface area (Å²) in [5.41, 5.74) is 1.00. The van der Waals surface area contributed by atoms with E-state index in [1.165, 1.54) is 0 Å². The lowest BCUT2D eigenvalue weighted by atomic mass is 9.94. The van der Waals surface area contributed by atoms with Crippen molar-refractivity contribution in [3.8, 4) is 5.75 Å². The predicted octanol–water partition coefficient (Wildman–Crippen LogP) is 1.91. The molecule has 1 N–H and O–H groups in total.